The lowest BCUT2D eigenvalue weighted by atomic mass is 10.2. The number of aliphatic carboxylic acids is 2. The second kappa shape index (κ2) is 7.06. The van der Waals surface area contributed by atoms with Crippen LogP contribution in [0.15, 0.2) is 30.3 Å². The summed E-state index contributed by atoms with van der Waals surface area (Å²) in [7, 11) is 0. The van der Waals surface area contributed by atoms with Gasteiger partial charge >= 0.3 is 17.9 Å². The Kier molecular flexibility index (Phi) is 5.44. The Bertz CT molecular complexity index is 560. The molecule has 1 rings (SSSR count). The molecule has 0 aliphatic rings. The predicted molar refractivity (Wildman–Crippen MR) is 68.3 cm³/mol. The van der Waals surface area contributed by atoms with Gasteiger partial charge in [-0.1, -0.05) is 12.1 Å². The molecule has 21 heavy (non-hydrogen) atoms. The van der Waals surface area contributed by atoms with Crippen LogP contribution >= 0.6 is 0 Å². The number of carbonyl (C=O) groups excluding carboxylic acids is 1. The molecule has 0 fully saturated rings. The Hall–Kier alpha value is -2.87. The second-order valence-corrected chi connectivity index (χ2v) is 3.90. The van der Waals surface area contributed by atoms with Crippen LogP contribution in [0.25, 0.3) is 6.08 Å². The fourth-order valence-corrected chi connectivity index (χ4v) is 1.29. The summed E-state index contributed by atoms with van der Waals surface area (Å²) in [5.74, 6) is -4.70. The van der Waals surface area contributed by atoms with Crippen molar-refractivity contribution in [2.45, 2.75) is 12.2 Å². The van der Waals surface area contributed by atoms with Crippen molar-refractivity contribution in [3.05, 3.63) is 35.9 Å². The van der Waals surface area contributed by atoms with E-state index in [0.717, 1.165) is 6.08 Å². The number of hydrogen-bond donors (Lipinski definition) is 4. The molecular formula is C13H12O8. The number of carboxylic acids is 2. The average Bonchev–Trinajstić information content (AvgIpc) is 2.43. The molecule has 112 valence electrons. The fourth-order valence-electron chi connectivity index (χ4n) is 1.29. The SMILES string of the molecule is O=C(/C=C/c1ccc(O)cc1)O[C@H](C(=O)O)[C@H](O)C(=O)O. The lowest BCUT2D eigenvalue weighted by Gasteiger charge is -2.15. The average molecular weight is 296 g/mol. The van der Waals surface area contributed by atoms with Crippen molar-refractivity contribution in [1.82, 2.24) is 0 Å². The van der Waals surface area contributed by atoms with Gasteiger partial charge in [0.1, 0.15) is 5.75 Å². The standard InChI is InChI=1S/C13H12O8/c14-8-4-1-7(2-5-8)3-6-9(15)21-11(13(19)20)10(16)12(17)18/h1-6,10-11,14,16H,(H,17,18)(H,19,20)/b6-3+/t10-,11-/m0/s1. The van der Waals surface area contributed by atoms with Crippen LogP contribution in [0, 0.1) is 0 Å². The molecule has 8 nitrogen and oxygen atoms in total. The van der Waals surface area contributed by atoms with E-state index in [2.05, 4.69) is 4.74 Å². The zero-order valence-corrected chi connectivity index (χ0v) is 10.5. The van der Waals surface area contributed by atoms with Gasteiger partial charge in [0.25, 0.3) is 0 Å². The highest BCUT2D eigenvalue weighted by Crippen LogP contribution is 2.11. The Morgan fingerprint density at radius 1 is 1.05 bits per heavy atom. The number of aliphatic hydroxyl groups excluding tert-OH is 1. The molecule has 0 unspecified atom stereocenters. The minimum absolute atomic E-state index is 0.0326. The van der Waals surface area contributed by atoms with E-state index in [9.17, 15) is 14.4 Å². The van der Waals surface area contributed by atoms with E-state index in [4.69, 9.17) is 20.4 Å². The van der Waals surface area contributed by atoms with Crippen LogP contribution in [0.1, 0.15) is 5.56 Å². The molecule has 0 amide bonds. The van der Waals surface area contributed by atoms with Gasteiger partial charge in [0, 0.05) is 6.08 Å². The zero-order valence-electron chi connectivity index (χ0n) is 10.5. The summed E-state index contributed by atoms with van der Waals surface area (Å²) in [5, 5.41) is 35.4. The summed E-state index contributed by atoms with van der Waals surface area (Å²) in [6, 6.07) is 5.72. The van der Waals surface area contributed by atoms with Crippen LogP contribution in [0.4, 0.5) is 0 Å². The van der Waals surface area contributed by atoms with Crippen molar-refractivity contribution in [2.24, 2.45) is 0 Å². The van der Waals surface area contributed by atoms with E-state index in [1.54, 1.807) is 0 Å². The summed E-state index contributed by atoms with van der Waals surface area (Å²) < 4.78 is 4.37. The summed E-state index contributed by atoms with van der Waals surface area (Å²) in [4.78, 5) is 32.6. The molecule has 0 saturated heterocycles. The first kappa shape index (κ1) is 16.2. The lowest BCUT2D eigenvalue weighted by molar-refractivity contribution is -0.176. The van der Waals surface area contributed by atoms with E-state index >= 15 is 0 Å². The Labute approximate surface area is 118 Å². The highest BCUT2D eigenvalue weighted by atomic mass is 16.6. The number of benzene rings is 1. The van der Waals surface area contributed by atoms with E-state index in [0.29, 0.717) is 5.56 Å². The number of aromatic hydroxyl groups is 1. The van der Waals surface area contributed by atoms with Crippen LogP contribution in [0.5, 0.6) is 5.75 Å². The molecule has 0 heterocycles. The molecule has 0 aliphatic carbocycles. The fraction of sp³-hybridized carbons (Fsp3) is 0.154. The third kappa shape index (κ3) is 4.96. The number of carboxylic acid groups (broad SMARTS) is 2. The third-order valence-corrected chi connectivity index (χ3v) is 2.33. The maximum absolute atomic E-state index is 11.4. The lowest BCUT2D eigenvalue weighted by Crippen LogP contribution is -2.42. The van der Waals surface area contributed by atoms with Crippen molar-refractivity contribution in [3.63, 3.8) is 0 Å². The molecule has 0 radical (unpaired) electrons. The van der Waals surface area contributed by atoms with E-state index in [1.807, 2.05) is 0 Å². The van der Waals surface area contributed by atoms with Crippen molar-refractivity contribution in [1.29, 1.82) is 0 Å². The summed E-state index contributed by atoms with van der Waals surface area (Å²) in [5.41, 5.74) is 0.524. The zero-order chi connectivity index (χ0) is 16.0. The van der Waals surface area contributed by atoms with Crippen molar-refractivity contribution >= 4 is 24.0 Å². The van der Waals surface area contributed by atoms with Gasteiger partial charge in [-0.15, -0.1) is 0 Å². The van der Waals surface area contributed by atoms with Crippen LogP contribution in [0.2, 0.25) is 0 Å². The molecule has 0 aromatic heterocycles. The first-order chi connectivity index (χ1) is 9.81. The third-order valence-electron chi connectivity index (χ3n) is 2.33. The molecule has 4 N–H and O–H groups in total. The molecule has 0 spiro atoms. The Morgan fingerprint density at radius 2 is 1.62 bits per heavy atom. The predicted octanol–water partition coefficient (Wildman–Crippen LogP) is -0.153. The minimum Gasteiger partial charge on any atom is -0.508 e. The highest BCUT2D eigenvalue weighted by molar-refractivity contribution is 5.91. The molecule has 0 bridgehead atoms. The number of phenolic OH excluding ortho intramolecular Hbond substituents is 1. The van der Waals surface area contributed by atoms with Gasteiger partial charge in [0.2, 0.25) is 6.10 Å². The van der Waals surface area contributed by atoms with Crippen LogP contribution < -0.4 is 0 Å². The Balaban J connectivity index is 2.72. The number of phenols is 1. The van der Waals surface area contributed by atoms with Crippen molar-refractivity contribution in [2.75, 3.05) is 0 Å². The number of ether oxygens (including phenoxy) is 1. The summed E-state index contributed by atoms with van der Waals surface area (Å²) in [6.07, 6.45) is -2.43. The van der Waals surface area contributed by atoms with Crippen molar-refractivity contribution in [3.8, 4) is 5.75 Å². The summed E-state index contributed by atoms with van der Waals surface area (Å²) in [6.45, 7) is 0. The van der Waals surface area contributed by atoms with E-state index in [-0.39, 0.29) is 5.75 Å². The first-order valence-corrected chi connectivity index (χ1v) is 5.62. The normalized spacial score (nSPS) is 13.6. The number of esters is 1. The highest BCUT2D eigenvalue weighted by Gasteiger charge is 2.35. The number of hydrogen-bond acceptors (Lipinski definition) is 6. The van der Waals surface area contributed by atoms with Gasteiger partial charge in [-0.2, -0.15) is 0 Å². The molecule has 8 heteroatoms. The van der Waals surface area contributed by atoms with Crippen LogP contribution in [-0.4, -0.2) is 50.5 Å². The molecule has 0 saturated carbocycles. The quantitative estimate of drug-likeness (QED) is 0.419. The second-order valence-electron chi connectivity index (χ2n) is 3.90. The molecular weight excluding hydrogens is 284 g/mol. The van der Waals surface area contributed by atoms with E-state index in [1.165, 1.54) is 30.3 Å². The maximum atomic E-state index is 11.4. The van der Waals surface area contributed by atoms with Gasteiger partial charge in [-0.25, -0.2) is 14.4 Å². The van der Waals surface area contributed by atoms with E-state index < -0.39 is 30.1 Å². The van der Waals surface area contributed by atoms with Gasteiger partial charge < -0.3 is 25.2 Å². The van der Waals surface area contributed by atoms with Gasteiger partial charge in [-0.3, -0.25) is 0 Å². The summed E-state index contributed by atoms with van der Waals surface area (Å²) >= 11 is 0. The Morgan fingerprint density at radius 3 is 2.10 bits per heavy atom. The van der Waals surface area contributed by atoms with Crippen LogP contribution in [0.3, 0.4) is 0 Å². The molecule has 2 atom stereocenters. The molecule has 1 aromatic rings. The topological polar surface area (TPSA) is 141 Å². The molecule has 0 aliphatic heterocycles. The molecule has 1 aromatic carbocycles. The largest absolute Gasteiger partial charge is 0.508 e. The van der Waals surface area contributed by atoms with Gasteiger partial charge in [0.15, 0.2) is 6.10 Å². The van der Waals surface area contributed by atoms with Crippen LogP contribution in [-0.2, 0) is 19.1 Å². The maximum Gasteiger partial charge on any atom is 0.348 e. The van der Waals surface area contributed by atoms with Crippen molar-refractivity contribution < 1.29 is 39.5 Å². The number of rotatable bonds is 6. The number of aliphatic hydroxyl groups is 1. The first-order valence-electron chi connectivity index (χ1n) is 5.62. The monoisotopic (exact) mass is 296 g/mol. The minimum atomic E-state index is -2.37. The van der Waals surface area contributed by atoms with Gasteiger partial charge in [-0.05, 0) is 23.8 Å². The smallest absolute Gasteiger partial charge is 0.348 e. The number of carbonyl (C=O) groups is 3. The van der Waals surface area contributed by atoms with Gasteiger partial charge in [0.05, 0.1) is 0 Å².